The smallest absolute Gasteiger partial charge is 0.294 e. The lowest BCUT2D eigenvalue weighted by atomic mass is 10.0. The van der Waals surface area contributed by atoms with Crippen LogP contribution in [-0.4, -0.2) is 35.6 Å². The largest absolute Gasteiger partial charge is 0.496 e. The van der Waals surface area contributed by atoms with Crippen molar-refractivity contribution in [1.82, 2.24) is 4.90 Å². The third-order valence-corrected chi connectivity index (χ3v) is 6.30. The molecule has 7 heteroatoms. The number of carbonyl (C=O) groups is 3. The average molecular weight is 447 g/mol. The Bertz CT molecular complexity index is 1280. The molecule has 3 amide bonds. The Kier molecular flexibility index (Phi) is 6.01. The summed E-state index contributed by atoms with van der Waals surface area (Å²) in [5.74, 6) is -0.171. The summed E-state index contributed by atoms with van der Waals surface area (Å²) in [4.78, 5) is 39.1. The lowest BCUT2D eigenvalue weighted by Gasteiger charge is -2.13. The number of fused-ring (bicyclic) bond motifs is 1. The van der Waals surface area contributed by atoms with Crippen molar-refractivity contribution in [2.45, 2.75) is 13.8 Å². The molecule has 0 atom stereocenters. The van der Waals surface area contributed by atoms with E-state index in [1.165, 1.54) is 0 Å². The van der Waals surface area contributed by atoms with Crippen LogP contribution in [0.5, 0.6) is 5.75 Å². The number of benzene rings is 3. The number of hydrogen-bond acceptors (Lipinski definition) is 5. The zero-order valence-corrected chi connectivity index (χ0v) is 18.8. The lowest BCUT2D eigenvalue weighted by Crippen LogP contribution is -2.36. The summed E-state index contributed by atoms with van der Waals surface area (Å²) in [5.41, 5.74) is 3.59. The fraction of sp³-hybridized carbons (Fsp3) is 0.160. The van der Waals surface area contributed by atoms with Crippen LogP contribution in [0.25, 0.3) is 16.8 Å². The van der Waals surface area contributed by atoms with E-state index in [1.54, 1.807) is 19.3 Å². The highest BCUT2D eigenvalue weighted by Gasteiger charge is 2.36. The first-order valence-electron chi connectivity index (χ1n) is 10.1. The van der Waals surface area contributed by atoms with Crippen LogP contribution in [0, 0.1) is 13.8 Å². The van der Waals surface area contributed by atoms with E-state index in [1.807, 2.05) is 62.4 Å². The summed E-state index contributed by atoms with van der Waals surface area (Å²) in [6, 6.07) is 16.9. The molecule has 0 aromatic heterocycles. The second-order valence-electron chi connectivity index (χ2n) is 7.52. The summed E-state index contributed by atoms with van der Waals surface area (Å²) in [6.07, 6.45) is 1.69. The Morgan fingerprint density at radius 1 is 1.03 bits per heavy atom. The van der Waals surface area contributed by atoms with Gasteiger partial charge in [-0.15, -0.1) is 0 Å². The molecule has 3 aromatic carbocycles. The van der Waals surface area contributed by atoms with E-state index in [9.17, 15) is 14.4 Å². The molecule has 4 rings (SSSR count). The number of carbonyl (C=O) groups excluding carboxylic acids is 3. The van der Waals surface area contributed by atoms with Crippen LogP contribution in [0.15, 0.2) is 59.5 Å². The van der Waals surface area contributed by atoms with Crippen LogP contribution >= 0.6 is 11.8 Å². The first-order chi connectivity index (χ1) is 15.4. The molecular weight excluding hydrogens is 424 g/mol. The highest BCUT2D eigenvalue weighted by Crippen LogP contribution is 2.35. The lowest BCUT2D eigenvalue weighted by molar-refractivity contribution is -0.127. The van der Waals surface area contributed by atoms with Crippen LogP contribution < -0.4 is 10.1 Å². The molecular formula is C25H22N2O4S. The van der Waals surface area contributed by atoms with E-state index in [2.05, 4.69) is 5.32 Å². The fourth-order valence-electron chi connectivity index (χ4n) is 3.54. The van der Waals surface area contributed by atoms with Gasteiger partial charge in [0.05, 0.1) is 12.0 Å². The van der Waals surface area contributed by atoms with Crippen LogP contribution in [0.4, 0.5) is 10.5 Å². The summed E-state index contributed by atoms with van der Waals surface area (Å²) in [7, 11) is 1.61. The van der Waals surface area contributed by atoms with E-state index >= 15 is 0 Å². The Morgan fingerprint density at radius 2 is 1.78 bits per heavy atom. The number of methoxy groups -OCH3 is 1. The zero-order chi connectivity index (χ0) is 22.8. The van der Waals surface area contributed by atoms with Gasteiger partial charge in [-0.3, -0.25) is 19.3 Å². The molecule has 0 bridgehead atoms. The molecule has 0 unspecified atom stereocenters. The molecule has 162 valence electrons. The van der Waals surface area contributed by atoms with E-state index in [4.69, 9.17) is 4.74 Å². The maximum Gasteiger partial charge on any atom is 0.294 e. The molecule has 3 aromatic rings. The molecule has 1 fully saturated rings. The molecule has 0 saturated carbocycles. The second-order valence-corrected chi connectivity index (χ2v) is 8.51. The quantitative estimate of drug-likeness (QED) is 0.549. The van der Waals surface area contributed by atoms with E-state index in [-0.39, 0.29) is 11.4 Å². The highest BCUT2D eigenvalue weighted by molar-refractivity contribution is 8.18. The zero-order valence-electron chi connectivity index (χ0n) is 18.0. The van der Waals surface area contributed by atoms with Gasteiger partial charge in [0.15, 0.2) is 0 Å². The van der Waals surface area contributed by atoms with Gasteiger partial charge in [-0.05, 0) is 72.0 Å². The number of amides is 3. The average Bonchev–Trinajstić information content (AvgIpc) is 3.04. The van der Waals surface area contributed by atoms with Gasteiger partial charge in [0.1, 0.15) is 12.3 Å². The maximum atomic E-state index is 12.9. The number of nitrogens with zero attached hydrogens (tertiary/aromatic N) is 1. The minimum absolute atomic E-state index is 0.282. The predicted octanol–water partition coefficient (Wildman–Crippen LogP) is 5.14. The number of thioether (sulfide) groups is 1. The van der Waals surface area contributed by atoms with Crippen LogP contribution in [0.2, 0.25) is 0 Å². The van der Waals surface area contributed by atoms with Crippen molar-refractivity contribution in [2.24, 2.45) is 0 Å². The Morgan fingerprint density at radius 3 is 2.50 bits per heavy atom. The van der Waals surface area contributed by atoms with Crippen molar-refractivity contribution in [3.8, 4) is 5.75 Å². The first-order valence-corrected chi connectivity index (χ1v) is 10.9. The van der Waals surface area contributed by atoms with Crippen molar-refractivity contribution < 1.29 is 19.1 Å². The number of aryl methyl sites for hydroxylation is 2. The summed E-state index contributed by atoms with van der Waals surface area (Å²) >= 11 is 0.835. The fourth-order valence-corrected chi connectivity index (χ4v) is 4.37. The number of hydrogen-bond donors (Lipinski definition) is 1. The van der Waals surface area contributed by atoms with Crippen LogP contribution in [0.1, 0.15) is 16.7 Å². The Hall–Kier alpha value is -3.58. The molecule has 1 aliphatic rings. The summed E-state index contributed by atoms with van der Waals surface area (Å²) < 4.78 is 5.41. The van der Waals surface area contributed by atoms with Gasteiger partial charge in [-0.1, -0.05) is 36.4 Å². The normalized spacial score (nSPS) is 15.0. The Labute approximate surface area is 190 Å². The summed E-state index contributed by atoms with van der Waals surface area (Å²) in [5, 5.41) is 4.11. The predicted molar refractivity (Wildman–Crippen MR) is 128 cm³/mol. The van der Waals surface area contributed by atoms with Crippen molar-refractivity contribution >= 4 is 51.4 Å². The SMILES string of the molecule is COc1ccc(/C=C2/SC(=O)N(CC(=O)Nc3ccc(C)c(C)c3)C2=O)c2ccccc12. The number of anilines is 1. The summed E-state index contributed by atoms with van der Waals surface area (Å²) in [6.45, 7) is 3.60. The van der Waals surface area contributed by atoms with Gasteiger partial charge >= 0.3 is 0 Å². The first kappa shape index (κ1) is 21.6. The van der Waals surface area contributed by atoms with Gasteiger partial charge in [-0.2, -0.15) is 0 Å². The number of imide groups is 1. The number of rotatable bonds is 5. The standard InChI is InChI=1S/C25H22N2O4S/c1-15-8-10-18(12-16(15)2)26-23(28)14-27-24(29)22(32-25(27)30)13-17-9-11-21(31-3)20-7-5-4-6-19(17)20/h4-13H,14H2,1-3H3,(H,26,28)/b22-13+. The Balaban J connectivity index is 1.54. The molecule has 1 heterocycles. The molecule has 1 aliphatic heterocycles. The third-order valence-electron chi connectivity index (χ3n) is 5.39. The van der Waals surface area contributed by atoms with Crippen molar-refractivity contribution in [1.29, 1.82) is 0 Å². The van der Waals surface area contributed by atoms with Gasteiger partial charge in [-0.25, -0.2) is 0 Å². The molecule has 0 radical (unpaired) electrons. The molecule has 1 saturated heterocycles. The van der Waals surface area contributed by atoms with Crippen molar-refractivity contribution in [3.05, 3.63) is 76.2 Å². The highest BCUT2D eigenvalue weighted by atomic mass is 32.2. The minimum atomic E-state index is -0.477. The molecule has 1 N–H and O–H groups in total. The van der Waals surface area contributed by atoms with Crippen molar-refractivity contribution in [2.75, 3.05) is 19.0 Å². The maximum absolute atomic E-state index is 12.9. The van der Waals surface area contributed by atoms with E-state index in [0.717, 1.165) is 49.9 Å². The molecule has 0 spiro atoms. The van der Waals surface area contributed by atoms with E-state index in [0.29, 0.717) is 5.69 Å². The van der Waals surface area contributed by atoms with Crippen molar-refractivity contribution in [3.63, 3.8) is 0 Å². The van der Waals surface area contributed by atoms with E-state index < -0.39 is 17.1 Å². The number of nitrogens with one attached hydrogen (secondary N) is 1. The second kappa shape index (κ2) is 8.88. The minimum Gasteiger partial charge on any atom is -0.496 e. The van der Waals surface area contributed by atoms with Crippen LogP contribution in [0.3, 0.4) is 0 Å². The van der Waals surface area contributed by atoms with Gasteiger partial charge < -0.3 is 10.1 Å². The molecule has 0 aliphatic carbocycles. The third kappa shape index (κ3) is 4.24. The van der Waals surface area contributed by atoms with Gasteiger partial charge in [0, 0.05) is 11.1 Å². The van der Waals surface area contributed by atoms with Crippen LogP contribution in [-0.2, 0) is 9.59 Å². The van der Waals surface area contributed by atoms with Gasteiger partial charge in [0.2, 0.25) is 5.91 Å². The van der Waals surface area contributed by atoms with Gasteiger partial charge in [0.25, 0.3) is 11.1 Å². The topological polar surface area (TPSA) is 75.7 Å². The molecule has 32 heavy (non-hydrogen) atoms. The molecule has 6 nitrogen and oxygen atoms in total. The monoisotopic (exact) mass is 446 g/mol. The number of ether oxygens (including phenoxy) is 1.